The molecule has 2 aromatic carbocycles. The third-order valence-corrected chi connectivity index (χ3v) is 4.86. The zero-order chi connectivity index (χ0) is 18.5. The second-order valence-electron chi connectivity index (χ2n) is 6.30. The van der Waals surface area contributed by atoms with E-state index < -0.39 is 0 Å². The van der Waals surface area contributed by atoms with E-state index in [1.54, 1.807) is 12.1 Å². The first-order chi connectivity index (χ1) is 12.7. The zero-order valence-corrected chi connectivity index (χ0v) is 15.3. The molecule has 5 nitrogen and oxygen atoms in total. The molecule has 0 unspecified atom stereocenters. The van der Waals surface area contributed by atoms with Crippen molar-refractivity contribution in [2.45, 2.75) is 13.0 Å². The second-order valence-corrected chi connectivity index (χ2v) is 6.74. The van der Waals surface area contributed by atoms with E-state index in [9.17, 15) is 4.79 Å². The van der Waals surface area contributed by atoms with E-state index in [-0.39, 0.29) is 18.6 Å². The first kappa shape index (κ1) is 18.9. The van der Waals surface area contributed by atoms with E-state index >= 15 is 0 Å². The van der Waals surface area contributed by atoms with Crippen molar-refractivity contribution in [3.63, 3.8) is 0 Å². The highest BCUT2D eigenvalue weighted by molar-refractivity contribution is 6.31. The number of aromatic nitrogens is 1. The fraction of sp³-hybridized carbons (Fsp3) is 0.350. The first-order valence-electron chi connectivity index (χ1n) is 8.80. The summed E-state index contributed by atoms with van der Waals surface area (Å²) in [5.74, 6) is 0. The lowest BCUT2D eigenvalue weighted by molar-refractivity contribution is 0.158. The highest BCUT2D eigenvalue weighted by atomic mass is 35.5. The number of halogens is 1. The highest BCUT2D eigenvalue weighted by Gasteiger charge is 2.11. The Labute approximate surface area is 157 Å². The van der Waals surface area contributed by atoms with Gasteiger partial charge in [-0.1, -0.05) is 23.7 Å². The molecule has 2 N–H and O–H groups in total. The van der Waals surface area contributed by atoms with Crippen molar-refractivity contribution in [1.29, 1.82) is 0 Å². The van der Waals surface area contributed by atoms with Crippen molar-refractivity contribution in [1.82, 2.24) is 9.47 Å². The van der Waals surface area contributed by atoms with Gasteiger partial charge in [0.2, 0.25) is 0 Å². The van der Waals surface area contributed by atoms with E-state index in [0.29, 0.717) is 28.9 Å². The van der Waals surface area contributed by atoms with Crippen molar-refractivity contribution < 1.29 is 10.2 Å². The molecule has 0 fully saturated rings. The predicted octanol–water partition coefficient (Wildman–Crippen LogP) is 2.48. The van der Waals surface area contributed by atoms with Gasteiger partial charge in [0.05, 0.1) is 24.2 Å². The molecule has 0 bridgehead atoms. The lowest BCUT2D eigenvalue weighted by atomic mass is 10.1. The van der Waals surface area contributed by atoms with Crippen molar-refractivity contribution >= 4 is 33.4 Å². The number of nitrogens with zero attached hydrogens (tertiary/aromatic N) is 2. The number of benzene rings is 2. The molecule has 3 aromatic rings. The van der Waals surface area contributed by atoms with E-state index in [0.717, 1.165) is 30.5 Å². The average Bonchev–Trinajstić information content (AvgIpc) is 2.65. The van der Waals surface area contributed by atoms with Crippen molar-refractivity contribution in [2.24, 2.45) is 0 Å². The molecule has 1 heterocycles. The molecular weight excluding hydrogens is 352 g/mol. The number of aliphatic hydroxyl groups excluding tert-OH is 2. The SMILES string of the molecule is O=c1c2ccccc2n(CCCN(CCO)CCO)c2ccc(Cl)cc12. The smallest absolute Gasteiger partial charge is 0.197 e. The maximum absolute atomic E-state index is 12.8. The summed E-state index contributed by atoms with van der Waals surface area (Å²) in [5.41, 5.74) is 1.77. The molecule has 1 aromatic heterocycles. The quantitative estimate of drug-likeness (QED) is 0.594. The van der Waals surface area contributed by atoms with Gasteiger partial charge in [-0.15, -0.1) is 0 Å². The van der Waals surface area contributed by atoms with E-state index in [1.165, 1.54) is 0 Å². The number of aliphatic hydroxyl groups is 2. The van der Waals surface area contributed by atoms with Crippen LogP contribution in [0.25, 0.3) is 21.8 Å². The third kappa shape index (κ3) is 3.91. The van der Waals surface area contributed by atoms with Crippen LogP contribution in [0.4, 0.5) is 0 Å². The number of pyridine rings is 1. The van der Waals surface area contributed by atoms with E-state index in [4.69, 9.17) is 21.8 Å². The van der Waals surface area contributed by atoms with Gasteiger partial charge in [0.25, 0.3) is 0 Å². The van der Waals surface area contributed by atoms with Gasteiger partial charge in [0.1, 0.15) is 0 Å². The maximum Gasteiger partial charge on any atom is 0.197 e. The fourth-order valence-corrected chi connectivity index (χ4v) is 3.59. The summed E-state index contributed by atoms with van der Waals surface area (Å²) in [6.07, 6.45) is 0.838. The molecule has 0 aliphatic rings. The molecule has 0 aliphatic heterocycles. The average molecular weight is 375 g/mol. The minimum atomic E-state index is -0.00321. The predicted molar refractivity (Wildman–Crippen MR) is 106 cm³/mol. The van der Waals surface area contributed by atoms with Crippen LogP contribution in [0.1, 0.15) is 6.42 Å². The summed E-state index contributed by atoms with van der Waals surface area (Å²) in [7, 11) is 0. The molecule has 0 aliphatic carbocycles. The Bertz CT molecular complexity index is 949. The van der Waals surface area contributed by atoms with Crippen LogP contribution < -0.4 is 5.43 Å². The molecule has 0 radical (unpaired) electrons. The summed E-state index contributed by atoms with van der Waals surface area (Å²) in [6, 6.07) is 13.0. The normalized spacial score (nSPS) is 11.7. The van der Waals surface area contributed by atoms with Gasteiger partial charge in [-0.2, -0.15) is 0 Å². The molecule has 138 valence electrons. The highest BCUT2D eigenvalue weighted by Crippen LogP contribution is 2.22. The molecule has 3 rings (SSSR count). The summed E-state index contributed by atoms with van der Waals surface area (Å²) in [5, 5.41) is 20.1. The van der Waals surface area contributed by atoms with Crippen LogP contribution in [0, 0.1) is 0 Å². The molecule has 6 heteroatoms. The monoisotopic (exact) mass is 374 g/mol. The Kier molecular flexibility index (Phi) is 6.27. The van der Waals surface area contributed by atoms with Crippen LogP contribution in [0.15, 0.2) is 47.3 Å². The number of aryl methyl sites for hydroxylation is 1. The van der Waals surface area contributed by atoms with Gasteiger partial charge in [-0.3, -0.25) is 9.69 Å². The summed E-state index contributed by atoms with van der Waals surface area (Å²) < 4.78 is 2.15. The van der Waals surface area contributed by atoms with Crippen LogP contribution in [-0.4, -0.2) is 52.5 Å². The lowest BCUT2D eigenvalue weighted by Gasteiger charge is -2.21. The molecular formula is C20H23ClN2O3. The van der Waals surface area contributed by atoms with Crippen LogP contribution in [0.2, 0.25) is 5.02 Å². The van der Waals surface area contributed by atoms with Gasteiger partial charge in [0, 0.05) is 42.0 Å². The van der Waals surface area contributed by atoms with Crippen molar-refractivity contribution in [3.8, 4) is 0 Å². The van der Waals surface area contributed by atoms with E-state index in [1.807, 2.05) is 35.2 Å². The van der Waals surface area contributed by atoms with Gasteiger partial charge in [-0.05, 0) is 36.8 Å². The summed E-state index contributed by atoms with van der Waals surface area (Å²) >= 11 is 6.11. The zero-order valence-electron chi connectivity index (χ0n) is 14.6. The number of fused-ring (bicyclic) bond motifs is 2. The standard InChI is InChI=1S/C20H23ClN2O3/c21-15-6-7-19-17(14-15)20(26)16-4-1-2-5-18(16)23(19)9-3-8-22(10-12-24)11-13-25/h1-2,4-7,14,24-25H,3,8-13H2. The number of hydrogen-bond acceptors (Lipinski definition) is 4. The van der Waals surface area contributed by atoms with E-state index in [2.05, 4.69) is 4.57 Å². The van der Waals surface area contributed by atoms with Gasteiger partial charge in [-0.25, -0.2) is 0 Å². The van der Waals surface area contributed by atoms with Gasteiger partial charge >= 0.3 is 0 Å². The van der Waals surface area contributed by atoms with Crippen LogP contribution in [0.5, 0.6) is 0 Å². The van der Waals surface area contributed by atoms with Crippen molar-refractivity contribution in [3.05, 3.63) is 57.7 Å². The Morgan fingerprint density at radius 3 is 2.35 bits per heavy atom. The van der Waals surface area contributed by atoms with Crippen LogP contribution >= 0.6 is 11.6 Å². The Morgan fingerprint density at radius 2 is 1.62 bits per heavy atom. The van der Waals surface area contributed by atoms with Gasteiger partial charge in [0.15, 0.2) is 5.43 Å². The Hall–Kier alpha value is -1.92. The Morgan fingerprint density at radius 1 is 0.923 bits per heavy atom. The first-order valence-corrected chi connectivity index (χ1v) is 9.18. The lowest BCUT2D eigenvalue weighted by Crippen LogP contribution is -2.31. The molecule has 0 atom stereocenters. The maximum atomic E-state index is 12.8. The Balaban J connectivity index is 1.98. The molecule has 0 amide bonds. The van der Waals surface area contributed by atoms with Crippen LogP contribution in [0.3, 0.4) is 0 Å². The molecule has 0 saturated carbocycles. The van der Waals surface area contributed by atoms with Crippen molar-refractivity contribution in [2.75, 3.05) is 32.8 Å². The summed E-state index contributed by atoms with van der Waals surface area (Å²) in [6.45, 7) is 2.72. The summed E-state index contributed by atoms with van der Waals surface area (Å²) in [4.78, 5) is 14.8. The topological polar surface area (TPSA) is 65.7 Å². The number of para-hydroxylation sites is 1. The fourth-order valence-electron chi connectivity index (χ4n) is 3.41. The number of hydrogen-bond donors (Lipinski definition) is 2. The molecule has 0 spiro atoms. The largest absolute Gasteiger partial charge is 0.395 e. The van der Waals surface area contributed by atoms with Crippen LogP contribution in [-0.2, 0) is 6.54 Å². The second kappa shape index (κ2) is 8.64. The third-order valence-electron chi connectivity index (χ3n) is 4.62. The molecule has 0 saturated heterocycles. The minimum absolute atomic E-state index is 0.00321. The molecule has 26 heavy (non-hydrogen) atoms. The van der Waals surface area contributed by atoms with Gasteiger partial charge < -0.3 is 14.8 Å². The number of rotatable bonds is 8. The minimum Gasteiger partial charge on any atom is -0.395 e.